The van der Waals surface area contributed by atoms with Crippen LogP contribution in [0.3, 0.4) is 0 Å². The van der Waals surface area contributed by atoms with E-state index in [1.807, 2.05) is 30.3 Å². The molecule has 5 heteroatoms. The van der Waals surface area contributed by atoms with Gasteiger partial charge in [0, 0.05) is 23.3 Å². The summed E-state index contributed by atoms with van der Waals surface area (Å²) in [7, 11) is 0. The van der Waals surface area contributed by atoms with Crippen LogP contribution < -0.4 is 10.6 Å². The van der Waals surface area contributed by atoms with Crippen LogP contribution in [0.5, 0.6) is 0 Å². The van der Waals surface area contributed by atoms with E-state index in [-0.39, 0.29) is 23.0 Å². The first-order valence-corrected chi connectivity index (χ1v) is 8.44. The average molecular weight is 326 g/mol. The van der Waals surface area contributed by atoms with Crippen molar-refractivity contribution < 1.29 is 4.79 Å². The fraction of sp³-hybridized carbons (Fsp3) is 0.474. The molecule has 1 saturated heterocycles. The Kier molecular flexibility index (Phi) is 4.22. The minimum Gasteiger partial charge on any atom is -0.349 e. The molecule has 2 N–H and O–H groups in total. The van der Waals surface area contributed by atoms with Gasteiger partial charge in [0.15, 0.2) is 0 Å². The second-order valence-corrected chi connectivity index (χ2v) is 7.98. The number of nitrogens with one attached hydrogen (secondary N) is 2. The maximum atomic E-state index is 12.6. The van der Waals surface area contributed by atoms with E-state index in [0.717, 1.165) is 18.5 Å². The van der Waals surface area contributed by atoms with Crippen LogP contribution in [-0.4, -0.2) is 32.8 Å². The van der Waals surface area contributed by atoms with Crippen LogP contribution in [0.2, 0.25) is 0 Å². The summed E-state index contributed by atoms with van der Waals surface area (Å²) < 4.78 is 1.73. The topological polar surface area (TPSA) is 59.0 Å². The van der Waals surface area contributed by atoms with E-state index in [1.165, 1.54) is 0 Å². The molecular weight excluding hydrogens is 300 g/mol. The summed E-state index contributed by atoms with van der Waals surface area (Å²) >= 11 is 0. The van der Waals surface area contributed by atoms with E-state index < -0.39 is 0 Å². The second-order valence-electron chi connectivity index (χ2n) is 7.98. The molecule has 2 heterocycles. The van der Waals surface area contributed by atoms with Crippen LogP contribution in [0.1, 0.15) is 50.9 Å². The van der Waals surface area contributed by atoms with Crippen molar-refractivity contribution in [1.82, 2.24) is 20.4 Å². The van der Waals surface area contributed by atoms with Crippen molar-refractivity contribution in [2.24, 2.45) is 0 Å². The molecule has 5 nitrogen and oxygen atoms in total. The van der Waals surface area contributed by atoms with E-state index in [2.05, 4.69) is 43.4 Å². The Labute approximate surface area is 143 Å². The highest BCUT2D eigenvalue weighted by molar-refractivity contribution is 5.94. The number of piperidine rings is 1. The summed E-state index contributed by atoms with van der Waals surface area (Å²) in [6.45, 7) is 8.72. The zero-order chi connectivity index (χ0) is 17.4. The summed E-state index contributed by atoms with van der Waals surface area (Å²) in [6, 6.07) is 9.95. The monoisotopic (exact) mass is 326 g/mol. The van der Waals surface area contributed by atoms with Crippen molar-refractivity contribution >= 4 is 5.91 Å². The number of benzene rings is 1. The van der Waals surface area contributed by atoms with Gasteiger partial charge in [0.2, 0.25) is 0 Å². The molecule has 0 spiro atoms. The summed E-state index contributed by atoms with van der Waals surface area (Å²) in [5, 5.41) is 11.1. The van der Waals surface area contributed by atoms with Crippen LogP contribution in [-0.2, 0) is 0 Å². The molecule has 0 radical (unpaired) electrons. The molecule has 1 aromatic heterocycles. The van der Waals surface area contributed by atoms with Gasteiger partial charge in [-0.25, -0.2) is 4.68 Å². The predicted octanol–water partition coefficient (Wildman–Crippen LogP) is 2.91. The number of rotatable bonds is 3. The number of carbonyl (C=O) groups excluding carboxylic acids is 1. The first-order chi connectivity index (χ1) is 11.2. The molecule has 1 aromatic carbocycles. The molecule has 1 fully saturated rings. The Bertz CT molecular complexity index is 702. The summed E-state index contributed by atoms with van der Waals surface area (Å²) in [5.74, 6) is -0.0596. The molecule has 0 aliphatic carbocycles. The van der Waals surface area contributed by atoms with Gasteiger partial charge in [-0.3, -0.25) is 4.79 Å². The average Bonchev–Trinajstić information content (AvgIpc) is 2.94. The van der Waals surface area contributed by atoms with Gasteiger partial charge in [-0.1, -0.05) is 18.2 Å². The summed E-state index contributed by atoms with van der Waals surface area (Å²) in [4.78, 5) is 12.6. The molecular formula is C19H26N4O. The van der Waals surface area contributed by atoms with Gasteiger partial charge in [-0.05, 0) is 52.7 Å². The molecule has 0 unspecified atom stereocenters. The molecule has 1 aliphatic rings. The van der Waals surface area contributed by atoms with Gasteiger partial charge in [0.1, 0.15) is 0 Å². The number of amides is 1. The van der Waals surface area contributed by atoms with Gasteiger partial charge in [-0.15, -0.1) is 0 Å². The van der Waals surface area contributed by atoms with Gasteiger partial charge >= 0.3 is 0 Å². The van der Waals surface area contributed by atoms with E-state index in [1.54, 1.807) is 17.1 Å². The number of nitrogens with zero attached hydrogens (tertiary/aromatic N) is 2. The molecule has 128 valence electrons. The minimum atomic E-state index is -0.0596. The van der Waals surface area contributed by atoms with Crippen molar-refractivity contribution in [3.8, 4) is 5.69 Å². The quantitative estimate of drug-likeness (QED) is 0.912. The third-order valence-electron chi connectivity index (χ3n) is 4.39. The van der Waals surface area contributed by atoms with Gasteiger partial charge < -0.3 is 10.6 Å². The van der Waals surface area contributed by atoms with E-state index in [4.69, 9.17) is 0 Å². The highest BCUT2D eigenvalue weighted by Crippen LogP contribution is 2.28. The zero-order valence-corrected chi connectivity index (χ0v) is 14.8. The third-order valence-corrected chi connectivity index (χ3v) is 4.39. The van der Waals surface area contributed by atoms with Gasteiger partial charge in [-0.2, -0.15) is 5.10 Å². The molecule has 0 saturated carbocycles. The fourth-order valence-corrected chi connectivity index (χ4v) is 3.86. The standard InChI is InChI=1S/C19H26N4O/c1-18(2)10-15(11-19(3,4)22-18)21-17(24)14-12-20-23(13-14)16-8-6-5-7-9-16/h5-9,12-13,15,22H,10-11H2,1-4H3,(H,21,24). The molecule has 1 aliphatic heterocycles. The van der Waals surface area contributed by atoms with Crippen LogP contribution in [0.25, 0.3) is 5.69 Å². The maximum absolute atomic E-state index is 12.6. The predicted molar refractivity (Wildman–Crippen MR) is 95.3 cm³/mol. The summed E-state index contributed by atoms with van der Waals surface area (Å²) in [6.07, 6.45) is 5.23. The molecule has 3 rings (SSSR count). The van der Waals surface area contributed by atoms with Crippen molar-refractivity contribution in [2.75, 3.05) is 0 Å². The lowest BCUT2D eigenvalue weighted by molar-refractivity contribution is 0.0873. The van der Waals surface area contributed by atoms with E-state index in [0.29, 0.717) is 5.56 Å². The van der Waals surface area contributed by atoms with Crippen molar-refractivity contribution in [2.45, 2.75) is 57.7 Å². The molecule has 0 atom stereocenters. The van der Waals surface area contributed by atoms with Crippen LogP contribution in [0.4, 0.5) is 0 Å². The Hall–Kier alpha value is -2.14. The molecule has 2 aromatic rings. The Morgan fingerprint density at radius 3 is 2.42 bits per heavy atom. The van der Waals surface area contributed by atoms with Crippen molar-refractivity contribution in [3.05, 3.63) is 48.3 Å². The van der Waals surface area contributed by atoms with Crippen molar-refractivity contribution in [1.29, 1.82) is 0 Å². The SMILES string of the molecule is CC1(C)CC(NC(=O)c2cnn(-c3ccccc3)c2)CC(C)(C)N1. The smallest absolute Gasteiger partial charge is 0.254 e. The highest BCUT2D eigenvalue weighted by Gasteiger charge is 2.38. The molecule has 24 heavy (non-hydrogen) atoms. The summed E-state index contributed by atoms with van der Waals surface area (Å²) in [5.41, 5.74) is 1.55. The van der Waals surface area contributed by atoms with Crippen LogP contribution >= 0.6 is 0 Å². The maximum Gasteiger partial charge on any atom is 0.254 e. The Balaban J connectivity index is 1.70. The number of hydrogen-bond donors (Lipinski definition) is 2. The number of hydrogen-bond acceptors (Lipinski definition) is 3. The first-order valence-electron chi connectivity index (χ1n) is 8.44. The number of para-hydroxylation sites is 1. The lowest BCUT2D eigenvalue weighted by Gasteiger charge is -2.46. The largest absolute Gasteiger partial charge is 0.349 e. The van der Waals surface area contributed by atoms with Gasteiger partial charge in [0.05, 0.1) is 17.4 Å². The van der Waals surface area contributed by atoms with Crippen LogP contribution in [0.15, 0.2) is 42.7 Å². The normalized spacial score (nSPS) is 19.8. The lowest BCUT2D eigenvalue weighted by atomic mass is 9.79. The minimum absolute atomic E-state index is 0.00785. The van der Waals surface area contributed by atoms with E-state index in [9.17, 15) is 4.79 Å². The van der Waals surface area contributed by atoms with Crippen LogP contribution in [0, 0.1) is 0 Å². The van der Waals surface area contributed by atoms with E-state index >= 15 is 0 Å². The Morgan fingerprint density at radius 1 is 1.17 bits per heavy atom. The zero-order valence-electron chi connectivity index (χ0n) is 14.8. The van der Waals surface area contributed by atoms with Crippen molar-refractivity contribution in [3.63, 3.8) is 0 Å². The molecule has 1 amide bonds. The molecule has 0 bridgehead atoms. The second kappa shape index (κ2) is 6.06. The fourth-order valence-electron chi connectivity index (χ4n) is 3.86. The van der Waals surface area contributed by atoms with Gasteiger partial charge in [0.25, 0.3) is 5.91 Å². The lowest BCUT2D eigenvalue weighted by Crippen LogP contribution is -2.62. The Morgan fingerprint density at radius 2 is 1.79 bits per heavy atom. The highest BCUT2D eigenvalue weighted by atomic mass is 16.1. The number of carbonyl (C=O) groups is 1. The third kappa shape index (κ3) is 3.85. The first kappa shape index (κ1) is 16.7. The number of aromatic nitrogens is 2.